The van der Waals surface area contributed by atoms with Gasteiger partial charge in [-0.25, -0.2) is 4.79 Å². The molecule has 24 heavy (non-hydrogen) atoms. The van der Waals surface area contributed by atoms with Crippen molar-refractivity contribution >= 4 is 23.7 Å². The Bertz CT molecular complexity index is 565. The minimum absolute atomic E-state index is 0.257. The fourth-order valence-electron chi connectivity index (χ4n) is 2.67. The third-order valence-corrected chi connectivity index (χ3v) is 5.36. The maximum absolute atomic E-state index is 12.1. The highest BCUT2D eigenvalue weighted by atomic mass is 32.2. The van der Waals surface area contributed by atoms with Crippen molar-refractivity contribution in [2.24, 2.45) is 5.92 Å². The second-order valence-corrected chi connectivity index (χ2v) is 7.03. The van der Waals surface area contributed by atoms with E-state index in [1.54, 1.807) is 6.08 Å². The molecule has 2 N–H and O–H groups in total. The molecule has 0 spiro atoms. The Balaban J connectivity index is 1.74. The number of nitrogens with zero attached hydrogens (tertiary/aromatic N) is 1. The van der Waals surface area contributed by atoms with E-state index in [1.165, 1.54) is 4.90 Å². The Hall–Kier alpha value is -1.79. The van der Waals surface area contributed by atoms with Crippen LogP contribution in [-0.4, -0.2) is 48.3 Å². The van der Waals surface area contributed by atoms with E-state index in [9.17, 15) is 9.59 Å². The predicted molar refractivity (Wildman–Crippen MR) is 98.0 cm³/mol. The molecule has 2 rings (SSSR count). The van der Waals surface area contributed by atoms with E-state index in [0.717, 1.165) is 25.3 Å². The second-order valence-electron chi connectivity index (χ2n) is 5.94. The van der Waals surface area contributed by atoms with Crippen LogP contribution in [-0.2, 0) is 4.79 Å². The van der Waals surface area contributed by atoms with E-state index >= 15 is 0 Å². The predicted octanol–water partition coefficient (Wildman–Crippen LogP) is 2.50. The number of thioether (sulfide) groups is 1. The highest BCUT2D eigenvalue weighted by Gasteiger charge is 2.30. The van der Waals surface area contributed by atoms with Gasteiger partial charge in [-0.2, -0.15) is 0 Å². The first-order valence-electron chi connectivity index (χ1n) is 8.21. The molecule has 2 unspecified atom stereocenters. The number of nitrogens with one attached hydrogen (secondary N) is 2. The lowest BCUT2D eigenvalue weighted by atomic mass is 10.2. The van der Waals surface area contributed by atoms with Crippen molar-refractivity contribution in [2.45, 2.75) is 24.3 Å². The Kier molecular flexibility index (Phi) is 7.34. The summed E-state index contributed by atoms with van der Waals surface area (Å²) in [4.78, 5) is 27.1. The van der Waals surface area contributed by atoms with E-state index in [2.05, 4.69) is 34.2 Å². The number of amides is 3. The van der Waals surface area contributed by atoms with Gasteiger partial charge in [0.15, 0.2) is 0 Å². The van der Waals surface area contributed by atoms with Crippen molar-refractivity contribution in [3.63, 3.8) is 0 Å². The van der Waals surface area contributed by atoms with Gasteiger partial charge in [-0.15, -0.1) is 18.3 Å². The number of benzene rings is 1. The van der Waals surface area contributed by atoms with Gasteiger partial charge in [-0.1, -0.05) is 24.3 Å². The number of rotatable bonds is 7. The largest absolute Gasteiger partial charge is 0.334 e. The number of hydrogen-bond acceptors (Lipinski definition) is 4. The summed E-state index contributed by atoms with van der Waals surface area (Å²) in [6.07, 6.45) is 2.66. The quantitative estimate of drug-likeness (QED) is 0.588. The lowest BCUT2D eigenvalue weighted by molar-refractivity contribution is -0.124. The number of hydrogen-bond donors (Lipinski definition) is 2. The third-order valence-electron chi connectivity index (χ3n) is 4.12. The van der Waals surface area contributed by atoms with Crippen LogP contribution in [0.3, 0.4) is 0 Å². The van der Waals surface area contributed by atoms with Gasteiger partial charge in [0, 0.05) is 23.7 Å². The maximum atomic E-state index is 12.1. The number of carbonyl (C=O) groups is 2. The van der Waals surface area contributed by atoms with Gasteiger partial charge in [-0.05, 0) is 37.9 Å². The second kappa shape index (κ2) is 9.49. The van der Waals surface area contributed by atoms with Crippen LogP contribution in [0.15, 0.2) is 47.9 Å². The summed E-state index contributed by atoms with van der Waals surface area (Å²) in [5.41, 5.74) is 0. The van der Waals surface area contributed by atoms with Crippen LogP contribution in [0.2, 0.25) is 0 Å². The lowest BCUT2D eigenvalue weighted by Crippen LogP contribution is -2.49. The molecule has 1 saturated heterocycles. The Morgan fingerprint density at radius 3 is 2.88 bits per heavy atom. The van der Waals surface area contributed by atoms with Gasteiger partial charge >= 0.3 is 6.03 Å². The van der Waals surface area contributed by atoms with Gasteiger partial charge in [0.2, 0.25) is 5.91 Å². The first-order valence-corrected chi connectivity index (χ1v) is 9.20. The Labute approximate surface area is 147 Å². The van der Waals surface area contributed by atoms with Crippen molar-refractivity contribution in [3.8, 4) is 0 Å². The molecule has 0 aliphatic carbocycles. The summed E-state index contributed by atoms with van der Waals surface area (Å²) in [6, 6.07) is 9.59. The summed E-state index contributed by atoms with van der Waals surface area (Å²) in [7, 11) is 0. The van der Waals surface area contributed by atoms with Crippen LogP contribution >= 0.6 is 11.8 Å². The molecule has 1 heterocycles. The van der Waals surface area contributed by atoms with Gasteiger partial charge in [0.1, 0.15) is 0 Å². The van der Waals surface area contributed by atoms with Crippen LogP contribution in [0, 0.1) is 5.92 Å². The fourth-order valence-corrected chi connectivity index (χ4v) is 3.72. The zero-order chi connectivity index (χ0) is 17.4. The molecule has 3 amide bonds. The zero-order valence-electron chi connectivity index (χ0n) is 14.0. The molecule has 0 saturated carbocycles. The maximum Gasteiger partial charge on any atom is 0.321 e. The van der Waals surface area contributed by atoms with Gasteiger partial charge in [-0.3, -0.25) is 15.0 Å². The van der Waals surface area contributed by atoms with Crippen molar-refractivity contribution in [1.29, 1.82) is 0 Å². The van der Waals surface area contributed by atoms with Crippen LogP contribution in [0.1, 0.15) is 13.3 Å². The lowest BCUT2D eigenvalue weighted by Gasteiger charge is -2.23. The smallest absolute Gasteiger partial charge is 0.321 e. The summed E-state index contributed by atoms with van der Waals surface area (Å²) in [5.74, 6) is 1.36. The highest BCUT2D eigenvalue weighted by molar-refractivity contribution is 7.99. The van der Waals surface area contributed by atoms with E-state index < -0.39 is 6.03 Å². The topological polar surface area (TPSA) is 61.4 Å². The summed E-state index contributed by atoms with van der Waals surface area (Å²) < 4.78 is 0. The Morgan fingerprint density at radius 1 is 1.42 bits per heavy atom. The molecule has 1 fully saturated rings. The van der Waals surface area contributed by atoms with Crippen molar-refractivity contribution in [1.82, 2.24) is 15.5 Å². The summed E-state index contributed by atoms with van der Waals surface area (Å²) in [5, 5.41) is 4.93. The van der Waals surface area contributed by atoms with Gasteiger partial charge in [0.25, 0.3) is 0 Å². The van der Waals surface area contributed by atoms with Gasteiger partial charge < -0.3 is 5.32 Å². The average molecular weight is 347 g/mol. The molecule has 0 aromatic heterocycles. The molecule has 0 bridgehead atoms. The molecule has 1 aromatic carbocycles. The fraction of sp³-hybridized carbons (Fsp3) is 0.444. The van der Waals surface area contributed by atoms with Gasteiger partial charge in [0.05, 0.1) is 6.04 Å². The van der Waals surface area contributed by atoms with Crippen LogP contribution < -0.4 is 10.6 Å². The molecule has 1 aliphatic heterocycles. The molecule has 2 atom stereocenters. The summed E-state index contributed by atoms with van der Waals surface area (Å²) >= 11 is 1.86. The molecule has 0 radical (unpaired) electrons. The zero-order valence-corrected chi connectivity index (χ0v) is 14.8. The van der Waals surface area contributed by atoms with E-state index in [0.29, 0.717) is 12.5 Å². The average Bonchev–Trinajstić information content (AvgIpc) is 3.07. The molecule has 1 aromatic rings. The monoisotopic (exact) mass is 347 g/mol. The molecule has 5 nitrogen and oxygen atoms in total. The molecular weight excluding hydrogens is 322 g/mol. The number of carbonyl (C=O) groups excluding carboxylic acids is 2. The highest BCUT2D eigenvalue weighted by Crippen LogP contribution is 2.26. The third kappa shape index (κ3) is 5.69. The minimum atomic E-state index is -0.470. The minimum Gasteiger partial charge on any atom is -0.334 e. The number of imide groups is 1. The number of urea groups is 1. The molecule has 6 heteroatoms. The normalized spacial score (nSPS) is 18.8. The first-order chi connectivity index (χ1) is 11.6. The standard InChI is InChI=1S/C18H25N3O2S/c1-3-10-19-18(23)20-17(22)14(2)21-11-9-15(12-21)13-24-16-7-5-4-6-8-16/h3-8,14-15H,1,9-13H2,2H3,(H2,19,20,22,23). The van der Waals surface area contributed by atoms with Crippen molar-refractivity contribution in [3.05, 3.63) is 43.0 Å². The summed E-state index contributed by atoms with van der Waals surface area (Å²) in [6.45, 7) is 7.50. The van der Waals surface area contributed by atoms with Crippen LogP contribution in [0.4, 0.5) is 4.79 Å². The first kappa shape index (κ1) is 18.5. The van der Waals surface area contributed by atoms with Crippen molar-refractivity contribution < 1.29 is 9.59 Å². The molecule has 1 aliphatic rings. The van der Waals surface area contributed by atoms with E-state index in [4.69, 9.17) is 0 Å². The Morgan fingerprint density at radius 2 is 2.17 bits per heavy atom. The van der Waals surface area contributed by atoms with E-state index in [1.807, 2.05) is 36.9 Å². The van der Waals surface area contributed by atoms with Crippen molar-refractivity contribution in [2.75, 3.05) is 25.4 Å². The number of likely N-dealkylation sites (tertiary alicyclic amines) is 1. The molecular formula is C18H25N3O2S. The van der Waals surface area contributed by atoms with Crippen LogP contribution in [0.5, 0.6) is 0 Å². The van der Waals surface area contributed by atoms with E-state index in [-0.39, 0.29) is 11.9 Å². The SMILES string of the molecule is C=CCNC(=O)NC(=O)C(C)N1CCC(CSc2ccccc2)C1. The molecule has 130 valence electrons. The van der Waals surface area contributed by atoms with Crippen LogP contribution in [0.25, 0.3) is 0 Å².